The lowest BCUT2D eigenvalue weighted by Gasteiger charge is -2.26. The third kappa shape index (κ3) is 8.28. The summed E-state index contributed by atoms with van der Waals surface area (Å²) in [5, 5.41) is 23.7. The summed E-state index contributed by atoms with van der Waals surface area (Å²) in [6, 6.07) is -3.21. The molecule has 146 valence electrons. The van der Waals surface area contributed by atoms with Crippen molar-refractivity contribution in [3.05, 3.63) is 0 Å². The highest BCUT2D eigenvalue weighted by atomic mass is 16.4. The molecule has 8 N–H and O–H groups in total. The Morgan fingerprint density at radius 2 is 1.68 bits per heavy atom. The van der Waals surface area contributed by atoms with Gasteiger partial charge in [-0.1, -0.05) is 20.3 Å². The third-order valence-corrected chi connectivity index (χ3v) is 4.18. The number of carboxylic acid groups (broad SMARTS) is 1. The quantitative estimate of drug-likeness (QED) is 0.241. The summed E-state index contributed by atoms with van der Waals surface area (Å²) in [7, 11) is 0. The fraction of sp³-hybridized carbons (Fsp3) is 0.812. The van der Waals surface area contributed by atoms with Crippen LogP contribution in [0.4, 0.5) is 0 Å². The van der Waals surface area contributed by atoms with Crippen LogP contribution in [0.2, 0.25) is 0 Å². The highest BCUT2D eigenvalue weighted by molar-refractivity contribution is 5.92. The molecular weight excluding hydrogens is 328 g/mol. The first-order valence-corrected chi connectivity index (χ1v) is 8.62. The topological polar surface area (TPSA) is 168 Å². The number of hydrogen-bond acceptors (Lipinski definition) is 6. The molecule has 0 saturated carbocycles. The van der Waals surface area contributed by atoms with Gasteiger partial charge in [-0.2, -0.15) is 0 Å². The molecule has 0 fully saturated rings. The number of carbonyl (C=O) groups excluding carboxylic acids is 2. The maximum Gasteiger partial charge on any atom is 0.326 e. The Hall–Kier alpha value is -1.71. The molecule has 9 heteroatoms. The van der Waals surface area contributed by atoms with E-state index in [-0.39, 0.29) is 12.3 Å². The number of carbonyl (C=O) groups is 3. The van der Waals surface area contributed by atoms with Crippen LogP contribution in [0, 0.1) is 5.92 Å². The van der Waals surface area contributed by atoms with Crippen molar-refractivity contribution in [2.45, 2.75) is 70.7 Å². The van der Waals surface area contributed by atoms with Crippen molar-refractivity contribution in [3.63, 3.8) is 0 Å². The molecule has 0 aliphatic rings. The molecule has 0 aromatic carbocycles. The Kier molecular flexibility index (Phi) is 11.0. The molecular formula is C16H32N4O5. The highest BCUT2D eigenvalue weighted by Gasteiger charge is 2.31. The van der Waals surface area contributed by atoms with Gasteiger partial charge in [0.05, 0.1) is 12.1 Å². The normalized spacial score (nSPS) is 17.0. The van der Waals surface area contributed by atoms with Crippen LogP contribution in [0.25, 0.3) is 0 Å². The van der Waals surface area contributed by atoms with Crippen LogP contribution < -0.4 is 22.1 Å². The summed E-state index contributed by atoms with van der Waals surface area (Å²) in [4.78, 5) is 35.7. The summed E-state index contributed by atoms with van der Waals surface area (Å²) in [5.41, 5.74) is 11.2. The Morgan fingerprint density at radius 3 is 2.12 bits per heavy atom. The van der Waals surface area contributed by atoms with E-state index >= 15 is 0 Å². The Morgan fingerprint density at radius 1 is 1.08 bits per heavy atom. The first-order valence-electron chi connectivity index (χ1n) is 8.62. The smallest absolute Gasteiger partial charge is 0.326 e. The zero-order valence-electron chi connectivity index (χ0n) is 15.2. The van der Waals surface area contributed by atoms with Crippen molar-refractivity contribution in [2.24, 2.45) is 17.4 Å². The van der Waals surface area contributed by atoms with E-state index in [0.29, 0.717) is 25.8 Å². The van der Waals surface area contributed by atoms with Crippen LogP contribution in [0.15, 0.2) is 0 Å². The molecule has 0 bridgehead atoms. The second kappa shape index (κ2) is 11.8. The molecule has 5 atom stereocenters. The molecule has 5 unspecified atom stereocenters. The van der Waals surface area contributed by atoms with E-state index in [0.717, 1.165) is 0 Å². The minimum absolute atomic E-state index is 0.0965. The van der Waals surface area contributed by atoms with E-state index in [1.54, 1.807) is 6.92 Å². The second-order valence-corrected chi connectivity index (χ2v) is 6.32. The van der Waals surface area contributed by atoms with Crippen molar-refractivity contribution in [1.29, 1.82) is 0 Å². The van der Waals surface area contributed by atoms with E-state index in [4.69, 9.17) is 11.5 Å². The van der Waals surface area contributed by atoms with E-state index in [1.165, 1.54) is 6.92 Å². The van der Waals surface area contributed by atoms with Crippen LogP contribution in [-0.4, -0.2) is 58.8 Å². The minimum Gasteiger partial charge on any atom is -0.480 e. The number of rotatable bonds is 12. The van der Waals surface area contributed by atoms with Gasteiger partial charge in [-0.25, -0.2) is 4.79 Å². The maximum absolute atomic E-state index is 12.3. The van der Waals surface area contributed by atoms with Gasteiger partial charge in [-0.3, -0.25) is 9.59 Å². The summed E-state index contributed by atoms with van der Waals surface area (Å²) < 4.78 is 0. The molecule has 0 radical (unpaired) electrons. The number of amides is 2. The molecule has 0 rings (SSSR count). The zero-order valence-corrected chi connectivity index (χ0v) is 15.2. The van der Waals surface area contributed by atoms with Gasteiger partial charge < -0.3 is 32.3 Å². The summed E-state index contributed by atoms with van der Waals surface area (Å²) in [6.07, 6.45) is 0.873. The van der Waals surface area contributed by atoms with Crippen LogP contribution in [0.5, 0.6) is 0 Å². The standard InChI is InChI=1S/C16H32N4O5/c1-4-9(2)12(18)14(22)20-13(10(3)21)15(23)19-11(16(24)25)7-5-6-8-17/h9-13,21H,4-8,17-18H2,1-3H3,(H,19,23)(H,20,22)(H,24,25). The maximum atomic E-state index is 12.3. The lowest BCUT2D eigenvalue weighted by atomic mass is 9.98. The average Bonchev–Trinajstić information content (AvgIpc) is 2.56. The van der Waals surface area contributed by atoms with Gasteiger partial charge >= 0.3 is 5.97 Å². The number of carboxylic acids is 1. The van der Waals surface area contributed by atoms with Crippen LogP contribution in [0.1, 0.15) is 46.5 Å². The van der Waals surface area contributed by atoms with Crippen molar-refractivity contribution >= 4 is 17.8 Å². The van der Waals surface area contributed by atoms with Crippen molar-refractivity contribution < 1.29 is 24.6 Å². The number of aliphatic hydroxyl groups excluding tert-OH is 1. The van der Waals surface area contributed by atoms with E-state index in [9.17, 15) is 24.6 Å². The van der Waals surface area contributed by atoms with E-state index < -0.39 is 42.0 Å². The number of nitrogens with one attached hydrogen (secondary N) is 2. The average molecular weight is 360 g/mol. The minimum atomic E-state index is -1.28. The number of nitrogens with two attached hydrogens (primary N) is 2. The van der Waals surface area contributed by atoms with Gasteiger partial charge in [-0.15, -0.1) is 0 Å². The van der Waals surface area contributed by atoms with Gasteiger partial charge in [0.2, 0.25) is 11.8 Å². The molecule has 0 saturated heterocycles. The number of hydrogen-bond donors (Lipinski definition) is 6. The zero-order chi connectivity index (χ0) is 19.6. The van der Waals surface area contributed by atoms with Crippen LogP contribution in [-0.2, 0) is 14.4 Å². The number of unbranched alkanes of at least 4 members (excludes halogenated alkanes) is 1. The van der Waals surface area contributed by atoms with Crippen molar-refractivity contribution in [2.75, 3.05) is 6.54 Å². The van der Waals surface area contributed by atoms with Gasteiger partial charge in [0.25, 0.3) is 0 Å². The van der Waals surface area contributed by atoms with Crippen LogP contribution in [0.3, 0.4) is 0 Å². The summed E-state index contributed by atoms with van der Waals surface area (Å²) in [5.74, 6) is -2.61. The lowest BCUT2D eigenvalue weighted by molar-refractivity contribution is -0.143. The van der Waals surface area contributed by atoms with E-state index in [1.807, 2.05) is 6.92 Å². The molecule has 2 amide bonds. The first-order chi connectivity index (χ1) is 11.6. The number of aliphatic carboxylic acids is 1. The monoisotopic (exact) mass is 360 g/mol. The predicted molar refractivity (Wildman–Crippen MR) is 93.5 cm³/mol. The SMILES string of the molecule is CCC(C)C(N)C(=O)NC(C(=O)NC(CCCCN)C(=O)O)C(C)O. The molecule has 0 spiro atoms. The lowest BCUT2D eigenvalue weighted by Crippen LogP contribution is -2.58. The third-order valence-electron chi connectivity index (χ3n) is 4.18. The van der Waals surface area contributed by atoms with Gasteiger partial charge in [0.15, 0.2) is 0 Å². The van der Waals surface area contributed by atoms with Crippen molar-refractivity contribution in [3.8, 4) is 0 Å². The fourth-order valence-corrected chi connectivity index (χ4v) is 2.18. The van der Waals surface area contributed by atoms with Crippen molar-refractivity contribution in [1.82, 2.24) is 10.6 Å². The summed E-state index contributed by atoms with van der Waals surface area (Å²) >= 11 is 0. The Labute approximate surface area is 148 Å². The number of aliphatic hydroxyl groups is 1. The predicted octanol–water partition coefficient (Wildman–Crippen LogP) is -1.08. The molecule has 25 heavy (non-hydrogen) atoms. The largest absolute Gasteiger partial charge is 0.480 e. The Balaban J connectivity index is 4.92. The molecule has 0 aliphatic carbocycles. The molecule has 9 nitrogen and oxygen atoms in total. The highest BCUT2D eigenvalue weighted by Crippen LogP contribution is 2.07. The molecule has 0 aromatic heterocycles. The molecule has 0 aliphatic heterocycles. The summed E-state index contributed by atoms with van der Waals surface area (Å²) in [6.45, 7) is 5.46. The molecule has 0 aromatic rings. The van der Waals surface area contributed by atoms with E-state index in [2.05, 4.69) is 10.6 Å². The second-order valence-electron chi connectivity index (χ2n) is 6.32. The van der Waals surface area contributed by atoms with Gasteiger partial charge in [0.1, 0.15) is 12.1 Å². The fourth-order valence-electron chi connectivity index (χ4n) is 2.18. The first kappa shape index (κ1) is 23.3. The van der Waals surface area contributed by atoms with Gasteiger partial charge in [-0.05, 0) is 38.6 Å². The van der Waals surface area contributed by atoms with Gasteiger partial charge in [0, 0.05) is 0 Å². The Bertz CT molecular complexity index is 444. The van der Waals surface area contributed by atoms with Crippen LogP contribution >= 0.6 is 0 Å². The molecule has 0 heterocycles.